The zero-order valence-corrected chi connectivity index (χ0v) is 7.69. The molecule has 0 spiro atoms. The molecule has 1 aliphatic carbocycles. The average Bonchev–Trinajstić information content (AvgIpc) is 2.13. The first-order chi connectivity index (χ1) is 6.47. The summed E-state index contributed by atoms with van der Waals surface area (Å²) in [5, 5.41) is 7.72. The Hall–Kier alpha value is -1.91. The summed E-state index contributed by atoms with van der Waals surface area (Å²) in [7, 11) is 0. The fourth-order valence-corrected chi connectivity index (χ4v) is 0.527. The van der Waals surface area contributed by atoms with E-state index in [2.05, 4.69) is 0 Å². The Morgan fingerprint density at radius 1 is 1.43 bits per heavy atom. The molecule has 0 radical (unpaired) electrons. The SMILES string of the molecule is CCC(=O)O.NC1=CC(=O)C=CC1=O. The van der Waals surface area contributed by atoms with E-state index < -0.39 is 5.97 Å². The monoisotopic (exact) mass is 197 g/mol. The minimum absolute atomic E-state index is 0.0162. The number of carboxylic acid groups (broad SMARTS) is 1. The third kappa shape index (κ3) is 4.87. The number of carbonyl (C=O) groups excluding carboxylic acids is 2. The second-order valence-electron chi connectivity index (χ2n) is 2.45. The topological polar surface area (TPSA) is 97.5 Å². The van der Waals surface area contributed by atoms with Crippen molar-refractivity contribution in [3.8, 4) is 0 Å². The smallest absolute Gasteiger partial charge is 0.303 e. The fourth-order valence-electron chi connectivity index (χ4n) is 0.527. The van der Waals surface area contributed by atoms with Gasteiger partial charge in [0.25, 0.3) is 0 Å². The van der Waals surface area contributed by atoms with Crippen LogP contribution in [-0.4, -0.2) is 22.6 Å². The molecule has 14 heavy (non-hydrogen) atoms. The van der Waals surface area contributed by atoms with Gasteiger partial charge in [0.05, 0.1) is 5.70 Å². The van der Waals surface area contributed by atoms with Crippen LogP contribution in [0.3, 0.4) is 0 Å². The molecule has 0 atom stereocenters. The lowest BCUT2D eigenvalue weighted by Crippen LogP contribution is -2.14. The number of hydrogen-bond acceptors (Lipinski definition) is 4. The molecular weight excluding hydrogens is 186 g/mol. The van der Waals surface area contributed by atoms with Crippen molar-refractivity contribution in [1.82, 2.24) is 0 Å². The predicted molar refractivity (Wildman–Crippen MR) is 49.4 cm³/mol. The zero-order chi connectivity index (χ0) is 11.1. The maximum Gasteiger partial charge on any atom is 0.303 e. The van der Waals surface area contributed by atoms with E-state index >= 15 is 0 Å². The van der Waals surface area contributed by atoms with Crippen LogP contribution in [-0.2, 0) is 14.4 Å². The first kappa shape index (κ1) is 12.1. The molecule has 0 aromatic carbocycles. The van der Waals surface area contributed by atoms with E-state index in [1.807, 2.05) is 0 Å². The van der Waals surface area contributed by atoms with Gasteiger partial charge in [0.2, 0.25) is 5.78 Å². The molecule has 1 aliphatic rings. The van der Waals surface area contributed by atoms with E-state index in [1.165, 1.54) is 6.08 Å². The van der Waals surface area contributed by atoms with Gasteiger partial charge in [0, 0.05) is 12.5 Å². The van der Waals surface area contributed by atoms with Crippen LogP contribution in [0.4, 0.5) is 0 Å². The molecule has 3 N–H and O–H groups in total. The molecule has 5 nitrogen and oxygen atoms in total. The van der Waals surface area contributed by atoms with Crippen molar-refractivity contribution in [2.75, 3.05) is 0 Å². The minimum Gasteiger partial charge on any atom is -0.481 e. The Kier molecular flexibility index (Phi) is 4.91. The van der Waals surface area contributed by atoms with Crippen LogP contribution in [0.25, 0.3) is 0 Å². The number of aliphatic carboxylic acids is 1. The summed E-state index contributed by atoms with van der Waals surface area (Å²) in [6, 6.07) is 0. The van der Waals surface area contributed by atoms with Gasteiger partial charge in [-0.1, -0.05) is 6.92 Å². The predicted octanol–water partition coefficient (Wildman–Crippen LogP) is 0.0180. The first-order valence-corrected chi connectivity index (χ1v) is 3.92. The van der Waals surface area contributed by atoms with Crippen LogP contribution in [0.5, 0.6) is 0 Å². The van der Waals surface area contributed by atoms with Crippen molar-refractivity contribution < 1.29 is 19.5 Å². The number of allylic oxidation sites excluding steroid dienone is 3. The second-order valence-corrected chi connectivity index (χ2v) is 2.45. The highest BCUT2D eigenvalue weighted by atomic mass is 16.4. The Morgan fingerprint density at radius 3 is 2.21 bits per heavy atom. The largest absolute Gasteiger partial charge is 0.481 e. The number of carboxylic acids is 1. The Morgan fingerprint density at radius 2 is 1.93 bits per heavy atom. The summed E-state index contributed by atoms with van der Waals surface area (Å²) in [4.78, 5) is 30.3. The van der Waals surface area contributed by atoms with Crippen molar-refractivity contribution in [2.45, 2.75) is 13.3 Å². The normalized spacial score (nSPS) is 14.2. The molecule has 0 saturated carbocycles. The number of carbonyl (C=O) groups is 3. The number of hydrogen-bond donors (Lipinski definition) is 2. The van der Waals surface area contributed by atoms with Gasteiger partial charge in [-0.2, -0.15) is 0 Å². The summed E-state index contributed by atoms with van der Waals surface area (Å²) in [5.74, 6) is -1.27. The van der Waals surface area contributed by atoms with E-state index in [-0.39, 0.29) is 23.7 Å². The van der Waals surface area contributed by atoms with Crippen molar-refractivity contribution in [3.63, 3.8) is 0 Å². The van der Waals surface area contributed by atoms with Crippen LogP contribution in [0.2, 0.25) is 0 Å². The Balaban J connectivity index is 0.000000292. The number of ketones is 2. The molecule has 0 bridgehead atoms. The lowest BCUT2D eigenvalue weighted by Gasteiger charge is -1.96. The van der Waals surface area contributed by atoms with Crippen molar-refractivity contribution in [1.29, 1.82) is 0 Å². The fraction of sp³-hybridized carbons (Fsp3) is 0.222. The molecule has 0 aromatic heterocycles. The van der Waals surface area contributed by atoms with Gasteiger partial charge in [-0.15, -0.1) is 0 Å². The van der Waals surface area contributed by atoms with E-state index in [0.29, 0.717) is 0 Å². The van der Waals surface area contributed by atoms with Crippen LogP contribution < -0.4 is 5.73 Å². The van der Waals surface area contributed by atoms with Gasteiger partial charge in [-0.05, 0) is 12.2 Å². The maximum absolute atomic E-state index is 10.5. The molecule has 0 heterocycles. The Labute approximate surface area is 80.9 Å². The summed E-state index contributed by atoms with van der Waals surface area (Å²) in [6.45, 7) is 1.60. The van der Waals surface area contributed by atoms with Crippen LogP contribution in [0.1, 0.15) is 13.3 Å². The standard InChI is InChI=1S/C6H5NO2.C3H6O2/c7-5-3-4(8)1-2-6(5)9;1-2-3(4)5/h1-3H,7H2;2H2,1H3,(H,4,5). The zero-order valence-electron chi connectivity index (χ0n) is 7.69. The second kappa shape index (κ2) is 5.69. The Bertz CT molecular complexity index is 315. The lowest BCUT2D eigenvalue weighted by molar-refractivity contribution is -0.136. The van der Waals surface area contributed by atoms with Crippen LogP contribution in [0.15, 0.2) is 23.9 Å². The summed E-state index contributed by atoms with van der Waals surface area (Å²) in [5.41, 5.74) is 5.12. The molecule has 5 heteroatoms. The van der Waals surface area contributed by atoms with Crippen molar-refractivity contribution in [3.05, 3.63) is 23.9 Å². The van der Waals surface area contributed by atoms with Crippen LogP contribution in [0, 0.1) is 0 Å². The van der Waals surface area contributed by atoms with Gasteiger partial charge < -0.3 is 10.8 Å². The highest BCUT2D eigenvalue weighted by molar-refractivity contribution is 6.16. The molecule has 0 amide bonds. The summed E-state index contributed by atoms with van der Waals surface area (Å²) < 4.78 is 0. The quantitative estimate of drug-likeness (QED) is 0.577. The van der Waals surface area contributed by atoms with Crippen molar-refractivity contribution in [2.24, 2.45) is 5.73 Å². The molecule has 0 unspecified atom stereocenters. The molecule has 0 saturated heterocycles. The summed E-state index contributed by atoms with van der Waals surface area (Å²) in [6.07, 6.45) is 3.69. The lowest BCUT2D eigenvalue weighted by atomic mass is 10.1. The average molecular weight is 197 g/mol. The first-order valence-electron chi connectivity index (χ1n) is 3.92. The van der Waals surface area contributed by atoms with E-state index in [1.54, 1.807) is 6.92 Å². The van der Waals surface area contributed by atoms with Crippen LogP contribution >= 0.6 is 0 Å². The molecule has 0 aromatic rings. The molecular formula is C9H11NO4. The third-order valence-corrected chi connectivity index (χ3v) is 1.28. The van der Waals surface area contributed by atoms with Gasteiger partial charge in [0.15, 0.2) is 5.78 Å². The van der Waals surface area contributed by atoms with Crippen molar-refractivity contribution >= 4 is 17.5 Å². The summed E-state index contributed by atoms with van der Waals surface area (Å²) >= 11 is 0. The number of nitrogens with two attached hydrogens (primary N) is 1. The highest BCUT2D eigenvalue weighted by Gasteiger charge is 2.07. The van der Waals surface area contributed by atoms with Gasteiger partial charge in [-0.25, -0.2) is 0 Å². The number of rotatable bonds is 1. The highest BCUT2D eigenvalue weighted by Crippen LogP contribution is 1.97. The van der Waals surface area contributed by atoms with Gasteiger partial charge in [-0.3, -0.25) is 14.4 Å². The van der Waals surface area contributed by atoms with E-state index in [0.717, 1.165) is 12.2 Å². The minimum atomic E-state index is -0.745. The van der Waals surface area contributed by atoms with Gasteiger partial charge in [0.1, 0.15) is 0 Å². The molecule has 1 rings (SSSR count). The third-order valence-electron chi connectivity index (χ3n) is 1.28. The van der Waals surface area contributed by atoms with Gasteiger partial charge >= 0.3 is 5.97 Å². The molecule has 0 fully saturated rings. The maximum atomic E-state index is 10.5. The van der Waals surface area contributed by atoms with E-state index in [9.17, 15) is 14.4 Å². The molecule has 76 valence electrons. The molecule has 0 aliphatic heterocycles. The van der Waals surface area contributed by atoms with E-state index in [4.69, 9.17) is 10.8 Å².